The van der Waals surface area contributed by atoms with Gasteiger partial charge in [-0.25, -0.2) is 4.79 Å². The number of H-pyrrole nitrogens is 1. The Hall–Kier alpha value is -1.11. The Balaban J connectivity index is 2.19. The number of nitrogens with one attached hydrogen (secondary N) is 2. The summed E-state index contributed by atoms with van der Waals surface area (Å²) in [5, 5.41) is 13.2. The van der Waals surface area contributed by atoms with Gasteiger partial charge in [0.05, 0.1) is 23.2 Å². The standard InChI is InChI=1S/C12H14BrN3O2/c13-7-2-1-3-9-11(7)15-12(18)16(9)8-4-5-14-6-10(8)17/h1-3,8,10,14,17H,4-6H2,(H,15,18). The van der Waals surface area contributed by atoms with E-state index >= 15 is 0 Å². The van der Waals surface area contributed by atoms with Gasteiger partial charge in [0, 0.05) is 11.0 Å². The number of β-amino-alcohol motifs (C(OH)–C–C–N with tert-alkyl or cyclic N) is 1. The molecule has 2 aromatic rings. The van der Waals surface area contributed by atoms with E-state index in [4.69, 9.17) is 0 Å². The molecule has 2 atom stereocenters. The highest BCUT2D eigenvalue weighted by Crippen LogP contribution is 2.26. The van der Waals surface area contributed by atoms with Gasteiger partial charge in [-0.1, -0.05) is 6.07 Å². The summed E-state index contributed by atoms with van der Waals surface area (Å²) in [6, 6.07) is 5.51. The molecule has 5 nitrogen and oxygen atoms in total. The van der Waals surface area contributed by atoms with Crippen molar-refractivity contribution in [1.29, 1.82) is 0 Å². The molecule has 1 fully saturated rings. The molecule has 0 radical (unpaired) electrons. The molecule has 1 aliphatic heterocycles. The van der Waals surface area contributed by atoms with Gasteiger partial charge in [0.25, 0.3) is 0 Å². The Kier molecular flexibility index (Phi) is 3.01. The Bertz CT molecular complexity index is 634. The van der Waals surface area contributed by atoms with Crippen molar-refractivity contribution in [3.8, 4) is 0 Å². The number of para-hydroxylation sites is 1. The maximum atomic E-state index is 12.1. The molecule has 0 amide bonds. The summed E-state index contributed by atoms with van der Waals surface area (Å²) in [6.45, 7) is 1.34. The minimum atomic E-state index is -0.533. The van der Waals surface area contributed by atoms with Gasteiger partial charge in [0.15, 0.2) is 0 Å². The fourth-order valence-corrected chi connectivity index (χ4v) is 3.03. The molecule has 96 valence electrons. The number of hydrogen-bond acceptors (Lipinski definition) is 3. The van der Waals surface area contributed by atoms with E-state index in [9.17, 15) is 9.90 Å². The molecule has 3 rings (SSSR count). The van der Waals surface area contributed by atoms with Crippen LogP contribution in [0.5, 0.6) is 0 Å². The lowest BCUT2D eigenvalue weighted by atomic mass is 10.0. The van der Waals surface area contributed by atoms with Gasteiger partial charge in [0.1, 0.15) is 0 Å². The zero-order chi connectivity index (χ0) is 12.7. The Morgan fingerprint density at radius 1 is 1.44 bits per heavy atom. The van der Waals surface area contributed by atoms with Crippen molar-refractivity contribution in [3.63, 3.8) is 0 Å². The second-order valence-electron chi connectivity index (χ2n) is 4.56. The predicted molar refractivity (Wildman–Crippen MR) is 72.8 cm³/mol. The number of aromatic nitrogens is 2. The lowest BCUT2D eigenvalue weighted by Gasteiger charge is -2.29. The fourth-order valence-electron chi connectivity index (χ4n) is 2.57. The van der Waals surface area contributed by atoms with Crippen LogP contribution < -0.4 is 11.0 Å². The molecule has 0 aliphatic carbocycles. The van der Waals surface area contributed by atoms with Crippen LogP contribution in [-0.2, 0) is 0 Å². The molecule has 1 aromatic heterocycles. The van der Waals surface area contributed by atoms with Crippen molar-refractivity contribution < 1.29 is 5.11 Å². The molecule has 3 N–H and O–H groups in total. The lowest BCUT2D eigenvalue weighted by molar-refractivity contribution is 0.0876. The number of benzene rings is 1. The minimum Gasteiger partial charge on any atom is -0.390 e. The zero-order valence-corrected chi connectivity index (χ0v) is 11.3. The first-order chi connectivity index (χ1) is 8.68. The van der Waals surface area contributed by atoms with Crippen LogP contribution >= 0.6 is 15.9 Å². The molecule has 0 bridgehead atoms. The number of nitrogens with zero attached hydrogens (tertiary/aromatic N) is 1. The van der Waals surface area contributed by atoms with Crippen molar-refractivity contribution in [2.75, 3.05) is 13.1 Å². The highest BCUT2D eigenvalue weighted by atomic mass is 79.9. The van der Waals surface area contributed by atoms with Gasteiger partial charge < -0.3 is 15.4 Å². The van der Waals surface area contributed by atoms with E-state index in [0.717, 1.165) is 28.5 Å². The number of halogens is 1. The highest BCUT2D eigenvalue weighted by Gasteiger charge is 2.27. The number of rotatable bonds is 1. The summed E-state index contributed by atoms with van der Waals surface area (Å²) >= 11 is 3.43. The van der Waals surface area contributed by atoms with E-state index in [1.54, 1.807) is 4.57 Å². The van der Waals surface area contributed by atoms with E-state index < -0.39 is 6.10 Å². The number of fused-ring (bicyclic) bond motifs is 1. The summed E-state index contributed by atoms with van der Waals surface area (Å²) < 4.78 is 2.53. The van der Waals surface area contributed by atoms with Crippen LogP contribution in [0.25, 0.3) is 11.0 Å². The maximum absolute atomic E-state index is 12.1. The van der Waals surface area contributed by atoms with Crippen LogP contribution in [0.15, 0.2) is 27.5 Å². The molecular weight excluding hydrogens is 298 g/mol. The molecule has 1 aliphatic rings. The molecule has 1 aromatic carbocycles. The van der Waals surface area contributed by atoms with Gasteiger partial charge in [-0.15, -0.1) is 0 Å². The molecule has 0 saturated carbocycles. The second-order valence-corrected chi connectivity index (χ2v) is 5.42. The Morgan fingerprint density at radius 3 is 3.06 bits per heavy atom. The first-order valence-corrected chi connectivity index (χ1v) is 6.75. The monoisotopic (exact) mass is 311 g/mol. The van der Waals surface area contributed by atoms with Crippen molar-refractivity contribution >= 4 is 27.0 Å². The number of aromatic amines is 1. The summed E-state index contributed by atoms with van der Waals surface area (Å²) in [5.74, 6) is 0. The van der Waals surface area contributed by atoms with Crippen LogP contribution in [0.4, 0.5) is 0 Å². The van der Waals surface area contributed by atoms with Gasteiger partial charge >= 0.3 is 5.69 Å². The van der Waals surface area contributed by atoms with Gasteiger partial charge in [-0.3, -0.25) is 4.57 Å². The van der Waals surface area contributed by atoms with Crippen LogP contribution in [0.3, 0.4) is 0 Å². The molecular formula is C12H14BrN3O2. The molecule has 18 heavy (non-hydrogen) atoms. The first kappa shape index (κ1) is 12.0. The third-order valence-electron chi connectivity index (χ3n) is 3.45. The molecule has 2 unspecified atom stereocenters. The molecule has 0 spiro atoms. The maximum Gasteiger partial charge on any atom is 0.326 e. The average Bonchev–Trinajstić information content (AvgIpc) is 2.68. The van der Waals surface area contributed by atoms with Gasteiger partial charge in [-0.2, -0.15) is 0 Å². The van der Waals surface area contributed by atoms with E-state index in [-0.39, 0.29) is 11.7 Å². The quantitative estimate of drug-likeness (QED) is 0.735. The predicted octanol–water partition coefficient (Wildman–Crippen LogP) is 0.987. The van der Waals surface area contributed by atoms with Crippen molar-refractivity contribution in [3.05, 3.63) is 33.2 Å². The normalized spacial score (nSPS) is 24.6. The van der Waals surface area contributed by atoms with E-state index in [0.29, 0.717) is 6.54 Å². The summed E-state index contributed by atoms with van der Waals surface area (Å²) in [4.78, 5) is 14.9. The third kappa shape index (κ3) is 1.81. The average molecular weight is 312 g/mol. The first-order valence-electron chi connectivity index (χ1n) is 5.96. The number of hydrogen-bond donors (Lipinski definition) is 3. The van der Waals surface area contributed by atoms with E-state index in [1.807, 2.05) is 18.2 Å². The highest BCUT2D eigenvalue weighted by molar-refractivity contribution is 9.10. The number of aliphatic hydroxyl groups excluding tert-OH is 1. The van der Waals surface area contributed by atoms with Crippen molar-refractivity contribution in [1.82, 2.24) is 14.9 Å². The second kappa shape index (κ2) is 4.53. The van der Waals surface area contributed by atoms with Crippen molar-refractivity contribution in [2.24, 2.45) is 0 Å². The van der Waals surface area contributed by atoms with Crippen molar-refractivity contribution in [2.45, 2.75) is 18.6 Å². The topological polar surface area (TPSA) is 70.0 Å². The van der Waals surface area contributed by atoms with Gasteiger partial charge in [-0.05, 0) is 41.0 Å². The SMILES string of the molecule is O=c1[nH]c2c(Br)cccc2n1C1CCNCC1O. The Morgan fingerprint density at radius 2 is 2.28 bits per heavy atom. The van der Waals surface area contributed by atoms with Crippen LogP contribution in [0.2, 0.25) is 0 Å². The summed E-state index contributed by atoms with van der Waals surface area (Å²) in [6.07, 6.45) is 0.218. The fraction of sp³-hybridized carbons (Fsp3) is 0.417. The van der Waals surface area contributed by atoms with E-state index in [1.165, 1.54) is 0 Å². The third-order valence-corrected chi connectivity index (χ3v) is 4.11. The Labute approximate surface area is 112 Å². The molecule has 1 saturated heterocycles. The van der Waals surface area contributed by atoms with Crippen LogP contribution in [0.1, 0.15) is 12.5 Å². The summed E-state index contributed by atoms with van der Waals surface area (Å²) in [7, 11) is 0. The number of aliphatic hydroxyl groups is 1. The van der Waals surface area contributed by atoms with Gasteiger partial charge in [0.2, 0.25) is 0 Å². The minimum absolute atomic E-state index is 0.164. The number of piperidine rings is 1. The zero-order valence-electron chi connectivity index (χ0n) is 9.69. The molecule has 2 heterocycles. The number of imidazole rings is 1. The lowest BCUT2D eigenvalue weighted by Crippen LogP contribution is -2.43. The largest absolute Gasteiger partial charge is 0.390 e. The van der Waals surface area contributed by atoms with Crippen LogP contribution in [0, 0.1) is 0 Å². The summed E-state index contributed by atoms with van der Waals surface area (Å²) in [5.41, 5.74) is 1.46. The van der Waals surface area contributed by atoms with Crippen LogP contribution in [-0.4, -0.2) is 33.9 Å². The smallest absolute Gasteiger partial charge is 0.326 e. The molecule has 6 heteroatoms. The van der Waals surface area contributed by atoms with E-state index in [2.05, 4.69) is 26.2 Å².